The molecule has 1 aromatic carbocycles. The molecular weight excluding hydrogens is 306 g/mol. The van der Waals surface area contributed by atoms with Crippen molar-refractivity contribution >= 4 is 21.8 Å². The molecule has 0 atom stereocenters. The zero-order valence-electron chi connectivity index (χ0n) is 12.3. The van der Waals surface area contributed by atoms with E-state index >= 15 is 0 Å². The molecule has 114 valence electrons. The summed E-state index contributed by atoms with van der Waals surface area (Å²) in [5, 5.41) is 0.769. The van der Waals surface area contributed by atoms with Gasteiger partial charge in [0.2, 0.25) is 10.0 Å². The quantitative estimate of drug-likeness (QED) is 0.829. The van der Waals surface area contributed by atoms with Crippen LogP contribution in [-0.2, 0) is 15.8 Å². The van der Waals surface area contributed by atoms with Gasteiger partial charge in [-0.15, -0.1) is 0 Å². The highest BCUT2D eigenvalue weighted by atomic mass is 32.2. The smallest absolute Gasteiger partial charge is 0.241 e. The summed E-state index contributed by atoms with van der Waals surface area (Å²) in [6.07, 6.45) is 3.41. The number of hydrogen-bond donors (Lipinski definition) is 2. The van der Waals surface area contributed by atoms with E-state index in [0.29, 0.717) is 10.6 Å². The molecule has 21 heavy (non-hydrogen) atoms. The highest BCUT2D eigenvalue weighted by Gasteiger charge is 2.24. The third-order valence-electron chi connectivity index (χ3n) is 2.54. The van der Waals surface area contributed by atoms with Crippen LogP contribution in [0.3, 0.4) is 0 Å². The first-order chi connectivity index (χ1) is 9.78. The highest BCUT2D eigenvalue weighted by Crippen LogP contribution is 2.24. The Bertz CT molecular complexity index is 689. The van der Waals surface area contributed by atoms with Gasteiger partial charge in [0, 0.05) is 23.7 Å². The van der Waals surface area contributed by atoms with Gasteiger partial charge in [-0.2, -0.15) is 0 Å². The van der Waals surface area contributed by atoms with Gasteiger partial charge in [0.15, 0.2) is 5.16 Å². The molecule has 0 bridgehead atoms. The molecule has 0 amide bonds. The number of thioether (sulfide) groups is 1. The van der Waals surface area contributed by atoms with Crippen LogP contribution in [-0.4, -0.2) is 23.9 Å². The van der Waals surface area contributed by atoms with Gasteiger partial charge in [0.05, 0.1) is 4.90 Å². The minimum atomic E-state index is -3.53. The monoisotopic (exact) mass is 325 g/mol. The molecule has 0 aliphatic heterocycles. The van der Waals surface area contributed by atoms with E-state index in [2.05, 4.69) is 14.7 Å². The molecule has 1 heterocycles. The molecule has 0 aliphatic rings. The summed E-state index contributed by atoms with van der Waals surface area (Å²) in [4.78, 5) is 7.43. The summed E-state index contributed by atoms with van der Waals surface area (Å²) >= 11 is 1.47. The van der Waals surface area contributed by atoms with Gasteiger partial charge in [0.1, 0.15) is 0 Å². The molecule has 0 spiro atoms. The number of imidazole rings is 1. The van der Waals surface area contributed by atoms with Crippen LogP contribution >= 0.6 is 11.8 Å². The van der Waals surface area contributed by atoms with Crippen molar-refractivity contribution in [2.45, 2.75) is 42.1 Å². The van der Waals surface area contributed by atoms with Crippen LogP contribution in [0.2, 0.25) is 0 Å². The Morgan fingerprint density at radius 3 is 2.62 bits per heavy atom. The van der Waals surface area contributed by atoms with E-state index in [9.17, 15) is 8.42 Å². The van der Waals surface area contributed by atoms with Crippen LogP contribution in [0.5, 0.6) is 0 Å². The van der Waals surface area contributed by atoms with E-state index in [1.54, 1.807) is 24.5 Å². The third-order valence-corrected chi connectivity index (χ3v) is 5.35. The van der Waals surface area contributed by atoms with Crippen molar-refractivity contribution in [3.05, 3.63) is 42.2 Å². The number of hydrogen-bond acceptors (Lipinski definition) is 4. The lowest BCUT2D eigenvalue weighted by atomic mass is 10.1. The van der Waals surface area contributed by atoms with Crippen molar-refractivity contribution in [2.24, 2.45) is 0 Å². The maximum Gasteiger partial charge on any atom is 0.241 e. The molecule has 5 nitrogen and oxygen atoms in total. The molecule has 2 N–H and O–H groups in total. The normalized spacial score (nSPS) is 12.5. The van der Waals surface area contributed by atoms with Crippen LogP contribution in [0.15, 0.2) is 46.7 Å². The first kappa shape index (κ1) is 16.1. The SMILES string of the molecule is CC(C)(C)NS(=O)(=O)c1ccccc1CSc1ncc[nH]1. The molecule has 1 aromatic heterocycles. The Morgan fingerprint density at radius 1 is 1.29 bits per heavy atom. The van der Waals surface area contributed by atoms with E-state index < -0.39 is 15.6 Å². The highest BCUT2D eigenvalue weighted by molar-refractivity contribution is 7.98. The van der Waals surface area contributed by atoms with Gasteiger partial charge in [-0.3, -0.25) is 0 Å². The van der Waals surface area contributed by atoms with E-state index in [4.69, 9.17) is 0 Å². The second-order valence-corrected chi connectivity index (χ2v) is 8.26. The summed E-state index contributed by atoms with van der Waals surface area (Å²) in [7, 11) is -3.53. The number of nitrogens with one attached hydrogen (secondary N) is 2. The predicted octanol–water partition coefficient (Wildman–Crippen LogP) is 2.78. The Labute approximate surface area is 129 Å². The van der Waals surface area contributed by atoms with Crippen LogP contribution < -0.4 is 4.72 Å². The molecule has 2 aromatic rings. The Balaban J connectivity index is 2.24. The summed E-state index contributed by atoms with van der Waals surface area (Å²) in [6, 6.07) is 7.03. The fourth-order valence-corrected chi connectivity index (χ4v) is 4.40. The summed E-state index contributed by atoms with van der Waals surface area (Å²) in [5.41, 5.74) is 0.246. The Kier molecular flexibility index (Phi) is 4.75. The van der Waals surface area contributed by atoms with E-state index in [-0.39, 0.29) is 0 Å². The average molecular weight is 325 g/mol. The van der Waals surface area contributed by atoms with Crippen molar-refractivity contribution in [1.82, 2.24) is 14.7 Å². The lowest BCUT2D eigenvalue weighted by Gasteiger charge is -2.21. The fraction of sp³-hybridized carbons (Fsp3) is 0.357. The second-order valence-electron chi connectivity index (χ2n) is 5.65. The second kappa shape index (κ2) is 6.21. The fourth-order valence-electron chi connectivity index (χ4n) is 1.82. The molecule has 0 fully saturated rings. The maximum atomic E-state index is 12.5. The van der Waals surface area contributed by atoms with Crippen molar-refractivity contribution in [3.8, 4) is 0 Å². The molecule has 0 unspecified atom stereocenters. The topological polar surface area (TPSA) is 74.8 Å². The molecule has 0 saturated heterocycles. The number of nitrogens with zero attached hydrogens (tertiary/aromatic N) is 1. The number of sulfonamides is 1. The van der Waals surface area contributed by atoms with E-state index in [0.717, 1.165) is 10.7 Å². The average Bonchev–Trinajstić information content (AvgIpc) is 2.87. The number of rotatable bonds is 5. The summed E-state index contributed by atoms with van der Waals surface area (Å²) < 4.78 is 27.7. The molecular formula is C14H19N3O2S2. The first-order valence-electron chi connectivity index (χ1n) is 6.52. The van der Waals surface area contributed by atoms with Crippen molar-refractivity contribution in [3.63, 3.8) is 0 Å². The Morgan fingerprint density at radius 2 is 2.00 bits per heavy atom. The van der Waals surface area contributed by atoms with E-state index in [1.807, 2.05) is 32.9 Å². The number of H-pyrrole nitrogens is 1. The predicted molar refractivity (Wildman–Crippen MR) is 84.7 cm³/mol. The van der Waals surface area contributed by atoms with Gasteiger partial charge >= 0.3 is 0 Å². The molecule has 0 aliphatic carbocycles. The molecule has 2 rings (SSSR count). The van der Waals surface area contributed by atoms with Crippen LogP contribution in [0.4, 0.5) is 0 Å². The minimum Gasteiger partial charge on any atom is -0.340 e. The van der Waals surface area contributed by atoms with Gasteiger partial charge in [-0.1, -0.05) is 30.0 Å². The minimum absolute atomic E-state index is 0.319. The molecule has 7 heteroatoms. The maximum absolute atomic E-state index is 12.5. The van der Waals surface area contributed by atoms with Crippen molar-refractivity contribution in [1.29, 1.82) is 0 Å². The number of aromatic nitrogens is 2. The first-order valence-corrected chi connectivity index (χ1v) is 8.99. The van der Waals surface area contributed by atoms with Crippen LogP contribution in [0.1, 0.15) is 26.3 Å². The van der Waals surface area contributed by atoms with Crippen LogP contribution in [0, 0.1) is 0 Å². The molecule has 0 saturated carbocycles. The number of benzene rings is 1. The largest absolute Gasteiger partial charge is 0.340 e. The van der Waals surface area contributed by atoms with Crippen molar-refractivity contribution in [2.75, 3.05) is 0 Å². The van der Waals surface area contributed by atoms with Crippen LogP contribution in [0.25, 0.3) is 0 Å². The van der Waals surface area contributed by atoms with Gasteiger partial charge in [0.25, 0.3) is 0 Å². The lowest BCUT2D eigenvalue weighted by Crippen LogP contribution is -2.40. The zero-order valence-corrected chi connectivity index (χ0v) is 13.9. The van der Waals surface area contributed by atoms with Gasteiger partial charge in [-0.05, 0) is 32.4 Å². The zero-order chi connectivity index (χ0) is 15.5. The van der Waals surface area contributed by atoms with E-state index in [1.165, 1.54) is 11.8 Å². The third kappa shape index (κ3) is 4.59. The number of aromatic amines is 1. The summed E-state index contributed by atoms with van der Waals surface area (Å²) in [6.45, 7) is 5.47. The molecule has 0 radical (unpaired) electrons. The van der Waals surface area contributed by atoms with Gasteiger partial charge in [-0.25, -0.2) is 18.1 Å². The van der Waals surface area contributed by atoms with Crippen molar-refractivity contribution < 1.29 is 8.42 Å². The summed E-state index contributed by atoms with van der Waals surface area (Å²) in [5.74, 6) is 0.536. The Hall–Kier alpha value is -1.31. The lowest BCUT2D eigenvalue weighted by molar-refractivity contribution is 0.491. The van der Waals surface area contributed by atoms with Gasteiger partial charge < -0.3 is 4.98 Å². The standard InChI is InChI=1S/C14H19N3O2S2/c1-14(2,3)17-21(18,19)12-7-5-4-6-11(12)10-20-13-15-8-9-16-13/h4-9,17H,10H2,1-3H3,(H,15,16).